The van der Waals surface area contributed by atoms with Gasteiger partial charge in [-0.1, -0.05) is 19.9 Å². The maximum absolute atomic E-state index is 12.4. The topological polar surface area (TPSA) is 111 Å². The van der Waals surface area contributed by atoms with E-state index in [9.17, 15) is 14.9 Å². The number of benzene rings is 1. The maximum atomic E-state index is 12.4. The van der Waals surface area contributed by atoms with Gasteiger partial charge in [0.05, 0.1) is 23.7 Å². The number of nitrogens with one attached hydrogen (secondary N) is 1. The highest BCUT2D eigenvalue weighted by Gasteiger charge is 2.25. The van der Waals surface area contributed by atoms with Gasteiger partial charge in [-0.05, 0) is 12.0 Å². The monoisotopic (exact) mass is 336 g/mol. The Morgan fingerprint density at radius 1 is 1.42 bits per heavy atom. The number of rotatable bonds is 6. The van der Waals surface area contributed by atoms with E-state index in [2.05, 4.69) is 24.1 Å². The first-order valence-corrected chi connectivity index (χ1v) is 8.04. The van der Waals surface area contributed by atoms with Gasteiger partial charge >= 0.3 is 0 Å². The number of nitro groups is 1. The number of carbonyl (C=O) groups excluding carboxylic acids is 1. The van der Waals surface area contributed by atoms with Crippen molar-refractivity contribution in [1.82, 2.24) is 10.2 Å². The molecule has 0 bridgehead atoms. The molecular formula is C16H24N4O4. The number of amides is 1. The first-order valence-electron chi connectivity index (χ1n) is 8.04. The summed E-state index contributed by atoms with van der Waals surface area (Å²) in [5.74, 6) is -0.0408. The smallest absolute Gasteiger partial charge is 0.292 e. The van der Waals surface area contributed by atoms with Crippen LogP contribution in [0, 0.1) is 16.0 Å². The van der Waals surface area contributed by atoms with Gasteiger partial charge in [0, 0.05) is 31.7 Å². The Hall–Kier alpha value is -2.19. The quantitative estimate of drug-likeness (QED) is 0.460. The van der Waals surface area contributed by atoms with Gasteiger partial charge in [0.25, 0.3) is 11.6 Å². The van der Waals surface area contributed by atoms with Crippen molar-refractivity contribution in [1.29, 1.82) is 0 Å². The highest BCUT2D eigenvalue weighted by Crippen LogP contribution is 2.24. The minimum Gasteiger partial charge on any atom is -0.393 e. The molecule has 1 heterocycles. The molecule has 1 aromatic carbocycles. The third-order valence-corrected chi connectivity index (χ3v) is 4.28. The second-order valence-electron chi connectivity index (χ2n) is 6.17. The summed E-state index contributed by atoms with van der Waals surface area (Å²) >= 11 is 0. The summed E-state index contributed by atoms with van der Waals surface area (Å²) in [5, 5.41) is 13.8. The molecule has 0 aliphatic carbocycles. The number of nitrogen functional groups attached to an aromatic ring is 1. The molecule has 132 valence electrons. The number of ether oxygens (including phenoxy) is 1. The minimum absolute atomic E-state index is 0.104. The van der Waals surface area contributed by atoms with Gasteiger partial charge in [0.15, 0.2) is 0 Å². The van der Waals surface area contributed by atoms with Crippen LogP contribution in [0.4, 0.5) is 11.4 Å². The molecule has 8 heteroatoms. The number of nitrogens with two attached hydrogens (primary N) is 1. The first kappa shape index (κ1) is 18.2. The van der Waals surface area contributed by atoms with Gasteiger partial charge in [-0.15, -0.1) is 0 Å². The molecule has 1 fully saturated rings. The van der Waals surface area contributed by atoms with Crippen molar-refractivity contribution >= 4 is 17.3 Å². The highest BCUT2D eigenvalue weighted by atomic mass is 16.6. The lowest BCUT2D eigenvalue weighted by Crippen LogP contribution is -2.51. The average Bonchev–Trinajstić information content (AvgIpc) is 2.55. The van der Waals surface area contributed by atoms with Crippen molar-refractivity contribution in [3.05, 3.63) is 33.9 Å². The van der Waals surface area contributed by atoms with Crippen LogP contribution >= 0.6 is 0 Å². The predicted molar refractivity (Wildman–Crippen MR) is 90.9 cm³/mol. The number of hydrogen-bond donors (Lipinski definition) is 2. The fourth-order valence-electron chi connectivity index (χ4n) is 2.90. The van der Waals surface area contributed by atoms with Gasteiger partial charge < -0.3 is 15.8 Å². The van der Waals surface area contributed by atoms with Crippen LogP contribution < -0.4 is 11.1 Å². The number of para-hydroxylation sites is 1. The zero-order valence-corrected chi connectivity index (χ0v) is 14.0. The third kappa shape index (κ3) is 4.21. The Labute approximate surface area is 141 Å². The molecule has 3 N–H and O–H groups in total. The van der Waals surface area contributed by atoms with Crippen LogP contribution in [-0.4, -0.2) is 54.6 Å². The number of carbonyl (C=O) groups is 1. The molecule has 0 spiro atoms. The summed E-state index contributed by atoms with van der Waals surface area (Å²) in [5.41, 5.74) is 5.54. The Kier molecular flexibility index (Phi) is 6.10. The summed E-state index contributed by atoms with van der Waals surface area (Å²) in [6.45, 7) is 7.71. The Balaban J connectivity index is 2.05. The molecular weight excluding hydrogens is 312 g/mol. The van der Waals surface area contributed by atoms with E-state index < -0.39 is 10.8 Å². The Morgan fingerprint density at radius 2 is 2.08 bits per heavy atom. The normalized spacial score (nSPS) is 16.8. The van der Waals surface area contributed by atoms with Crippen LogP contribution in [-0.2, 0) is 4.74 Å². The number of anilines is 1. The number of nitro benzene ring substituents is 1. The van der Waals surface area contributed by atoms with Crippen LogP contribution in [0.5, 0.6) is 0 Å². The number of hydrogen-bond acceptors (Lipinski definition) is 6. The molecule has 1 aliphatic rings. The first-order chi connectivity index (χ1) is 11.4. The molecule has 1 amide bonds. The van der Waals surface area contributed by atoms with Crippen LogP contribution in [0.2, 0.25) is 0 Å². The summed E-state index contributed by atoms with van der Waals surface area (Å²) in [6.07, 6.45) is 0. The Morgan fingerprint density at radius 3 is 2.67 bits per heavy atom. The summed E-state index contributed by atoms with van der Waals surface area (Å²) < 4.78 is 5.37. The molecule has 1 aliphatic heterocycles. The molecule has 1 aromatic rings. The largest absolute Gasteiger partial charge is 0.393 e. The van der Waals surface area contributed by atoms with Crippen molar-refractivity contribution in [2.75, 3.05) is 38.6 Å². The van der Waals surface area contributed by atoms with Gasteiger partial charge in [0.1, 0.15) is 5.69 Å². The number of morpholine rings is 1. The highest BCUT2D eigenvalue weighted by molar-refractivity contribution is 6.00. The zero-order valence-electron chi connectivity index (χ0n) is 14.0. The van der Waals surface area contributed by atoms with Crippen molar-refractivity contribution in [2.45, 2.75) is 19.9 Å². The lowest BCUT2D eigenvalue weighted by molar-refractivity contribution is -0.383. The summed E-state index contributed by atoms with van der Waals surface area (Å²) in [4.78, 5) is 25.0. The van der Waals surface area contributed by atoms with Crippen LogP contribution in [0.1, 0.15) is 24.2 Å². The third-order valence-electron chi connectivity index (χ3n) is 4.28. The predicted octanol–water partition coefficient (Wildman–Crippen LogP) is 1.26. The van der Waals surface area contributed by atoms with Gasteiger partial charge in [-0.2, -0.15) is 0 Å². The molecule has 0 saturated carbocycles. The van der Waals surface area contributed by atoms with Crippen molar-refractivity contribution < 1.29 is 14.5 Å². The molecule has 1 atom stereocenters. The van der Waals surface area contributed by atoms with Gasteiger partial charge in [-0.3, -0.25) is 19.8 Å². The van der Waals surface area contributed by atoms with E-state index in [1.54, 1.807) is 0 Å². The summed E-state index contributed by atoms with van der Waals surface area (Å²) in [6, 6.07) is 4.43. The van der Waals surface area contributed by atoms with E-state index in [-0.39, 0.29) is 23.0 Å². The van der Waals surface area contributed by atoms with Crippen molar-refractivity contribution in [3.8, 4) is 0 Å². The molecule has 2 rings (SSSR count). The van der Waals surface area contributed by atoms with E-state index in [1.807, 2.05) is 0 Å². The lowest BCUT2D eigenvalue weighted by atomic mass is 10.0. The van der Waals surface area contributed by atoms with Crippen molar-refractivity contribution in [2.24, 2.45) is 5.92 Å². The van der Waals surface area contributed by atoms with E-state index in [1.165, 1.54) is 18.2 Å². The summed E-state index contributed by atoms with van der Waals surface area (Å²) in [7, 11) is 0. The average molecular weight is 336 g/mol. The van der Waals surface area contributed by atoms with Crippen molar-refractivity contribution in [3.63, 3.8) is 0 Å². The van der Waals surface area contributed by atoms with Gasteiger partial charge in [-0.25, -0.2) is 0 Å². The second-order valence-corrected chi connectivity index (χ2v) is 6.17. The van der Waals surface area contributed by atoms with Crippen LogP contribution in [0.25, 0.3) is 0 Å². The molecule has 8 nitrogen and oxygen atoms in total. The van der Waals surface area contributed by atoms with E-state index in [0.717, 1.165) is 13.1 Å². The minimum atomic E-state index is -0.587. The Bertz CT molecular complexity index is 600. The van der Waals surface area contributed by atoms with E-state index >= 15 is 0 Å². The maximum Gasteiger partial charge on any atom is 0.292 e. The number of nitrogens with zero attached hydrogens (tertiary/aromatic N) is 2. The standard InChI is InChI=1S/C16H24N4O4/c1-11(2)14(19-6-8-24-9-7-19)10-18-16(21)12-4-3-5-13(15(12)17)20(22)23/h3-5,11,14H,6-10,17H2,1-2H3,(H,18,21). The molecule has 1 saturated heterocycles. The molecule has 24 heavy (non-hydrogen) atoms. The zero-order chi connectivity index (χ0) is 17.7. The lowest BCUT2D eigenvalue weighted by Gasteiger charge is -2.36. The van der Waals surface area contributed by atoms with E-state index in [4.69, 9.17) is 10.5 Å². The van der Waals surface area contributed by atoms with E-state index in [0.29, 0.717) is 25.7 Å². The molecule has 0 aromatic heterocycles. The van der Waals surface area contributed by atoms with Crippen LogP contribution in [0.3, 0.4) is 0 Å². The SMILES string of the molecule is CC(C)C(CNC(=O)c1cccc([N+](=O)[O-])c1N)N1CCOCC1. The molecule has 1 unspecified atom stereocenters. The fraction of sp³-hybridized carbons (Fsp3) is 0.562. The fourth-order valence-corrected chi connectivity index (χ4v) is 2.90. The molecule has 0 radical (unpaired) electrons. The van der Waals surface area contributed by atoms with Crippen LogP contribution in [0.15, 0.2) is 18.2 Å². The van der Waals surface area contributed by atoms with Gasteiger partial charge in [0.2, 0.25) is 0 Å². The second kappa shape index (κ2) is 8.07.